The first-order valence-corrected chi connectivity index (χ1v) is 6.98. The van der Waals surface area contributed by atoms with Gasteiger partial charge in [-0.2, -0.15) is 0 Å². The minimum absolute atomic E-state index is 0.0413. The SMILES string of the molecule is CCC(C)(C)CNC(=O)c1cccc(C#CCN)c1C. The van der Waals surface area contributed by atoms with E-state index in [1.807, 2.05) is 25.1 Å². The maximum absolute atomic E-state index is 12.3. The summed E-state index contributed by atoms with van der Waals surface area (Å²) < 4.78 is 0. The normalized spacial score (nSPS) is 10.7. The lowest BCUT2D eigenvalue weighted by atomic mass is 9.90. The van der Waals surface area contributed by atoms with Gasteiger partial charge in [-0.25, -0.2) is 0 Å². The smallest absolute Gasteiger partial charge is 0.251 e. The molecule has 108 valence electrons. The lowest BCUT2D eigenvalue weighted by Gasteiger charge is -2.23. The molecule has 3 nitrogen and oxygen atoms in total. The van der Waals surface area contributed by atoms with Gasteiger partial charge in [0.15, 0.2) is 0 Å². The average Bonchev–Trinajstić information content (AvgIpc) is 2.44. The van der Waals surface area contributed by atoms with Crippen molar-refractivity contribution in [2.45, 2.75) is 34.1 Å². The van der Waals surface area contributed by atoms with E-state index < -0.39 is 0 Å². The van der Waals surface area contributed by atoms with E-state index in [1.165, 1.54) is 0 Å². The third kappa shape index (κ3) is 4.40. The van der Waals surface area contributed by atoms with Gasteiger partial charge < -0.3 is 11.1 Å². The molecule has 0 bridgehead atoms. The largest absolute Gasteiger partial charge is 0.351 e. The molecule has 0 saturated heterocycles. The molecule has 0 aliphatic rings. The van der Waals surface area contributed by atoms with Crippen LogP contribution in [0.3, 0.4) is 0 Å². The maximum atomic E-state index is 12.3. The van der Waals surface area contributed by atoms with Crippen LogP contribution in [0.1, 0.15) is 48.7 Å². The van der Waals surface area contributed by atoms with Gasteiger partial charge in [-0.1, -0.05) is 38.7 Å². The van der Waals surface area contributed by atoms with E-state index in [4.69, 9.17) is 5.73 Å². The molecule has 0 aliphatic heterocycles. The fourth-order valence-electron chi connectivity index (χ4n) is 1.70. The Labute approximate surface area is 121 Å². The van der Waals surface area contributed by atoms with Gasteiger partial charge in [0.1, 0.15) is 0 Å². The van der Waals surface area contributed by atoms with Crippen molar-refractivity contribution < 1.29 is 4.79 Å². The summed E-state index contributed by atoms with van der Waals surface area (Å²) in [5.41, 5.74) is 7.94. The van der Waals surface area contributed by atoms with Gasteiger partial charge in [-0.05, 0) is 36.5 Å². The Hall–Kier alpha value is -1.79. The molecule has 0 unspecified atom stereocenters. The molecule has 0 aromatic heterocycles. The molecule has 1 rings (SSSR count). The fraction of sp³-hybridized carbons (Fsp3) is 0.471. The third-order valence-corrected chi connectivity index (χ3v) is 3.59. The Bertz CT molecular complexity index is 536. The lowest BCUT2D eigenvalue weighted by Crippen LogP contribution is -2.34. The minimum Gasteiger partial charge on any atom is -0.351 e. The van der Waals surface area contributed by atoms with Crippen LogP contribution >= 0.6 is 0 Å². The summed E-state index contributed by atoms with van der Waals surface area (Å²) in [6.07, 6.45) is 1.02. The van der Waals surface area contributed by atoms with Crippen LogP contribution in [0.25, 0.3) is 0 Å². The molecule has 20 heavy (non-hydrogen) atoms. The van der Waals surface area contributed by atoms with Crippen LogP contribution in [-0.4, -0.2) is 19.0 Å². The van der Waals surface area contributed by atoms with Crippen LogP contribution in [0.2, 0.25) is 0 Å². The molecule has 0 heterocycles. The highest BCUT2D eigenvalue weighted by Crippen LogP contribution is 2.18. The molecule has 3 N–H and O–H groups in total. The van der Waals surface area contributed by atoms with E-state index in [2.05, 4.69) is 37.9 Å². The van der Waals surface area contributed by atoms with Gasteiger partial charge in [0.25, 0.3) is 5.91 Å². The van der Waals surface area contributed by atoms with Gasteiger partial charge in [0.2, 0.25) is 0 Å². The molecule has 0 saturated carbocycles. The number of amides is 1. The number of hydrogen-bond acceptors (Lipinski definition) is 2. The first kappa shape index (κ1) is 16.3. The Balaban J connectivity index is 2.89. The van der Waals surface area contributed by atoms with Gasteiger partial charge in [-0.15, -0.1) is 0 Å². The zero-order valence-electron chi connectivity index (χ0n) is 12.8. The topological polar surface area (TPSA) is 55.1 Å². The second-order valence-electron chi connectivity index (χ2n) is 5.68. The van der Waals surface area contributed by atoms with Crippen molar-refractivity contribution in [1.82, 2.24) is 5.32 Å². The van der Waals surface area contributed by atoms with Crippen LogP contribution in [0.15, 0.2) is 18.2 Å². The van der Waals surface area contributed by atoms with Crippen molar-refractivity contribution in [3.63, 3.8) is 0 Å². The first-order chi connectivity index (χ1) is 9.41. The number of nitrogens with two attached hydrogens (primary N) is 1. The standard InChI is InChI=1S/C17H24N2O/c1-5-17(3,4)12-19-16(20)15-10-6-8-14(13(15)2)9-7-11-18/h6,8,10H,5,11-12,18H2,1-4H3,(H,19,20). The van der Waals surface area contributed by atoms with Crippen LogP contribution in [0.4, 0.5) is 0 Å². The van der Waals surface area contributed by atoms with E-state index in [0.29, 0.717) is 18.7 Å². The van der Waals surface area contributed by atoms with Crippen LogP contribution < -0.4 is 11.1 Å². The van der Waals surface area contributed by atoms with Crippen molar-refractivity contribution in [1.29, 1.82) is 0 Å². The maximum Gasteiger partial charge on any atom is 0.251 e. The highest BCUT2D eigenvalue weighted by atomic mass is 16.1. The summed E-state index contributed by atoms with van der Waals surface area (Å²) in [6.45, 7) is 9.31. The Morgan fingerprint density at radius 1 is 1.40 bits per heavy atom. The summed E-state index contributed by atoms with van der Waals surface area (Å²) in [4.78, 5) is 12.3. The third-order valence-electron chi connectivity index (χ3n) is 3.59. The molecule has 1 aromatic carbocycles. The molecule has 1 aromatic rings. The molecule has 3 heteroatoms. The molecule has 1 amide bonds. The van der Waals surface area contributed by atoms with E-state index >= 15 is 0 Å². The monoisotopic (exact) mass is 272 g/mol. The second kappa shape index (κ2) is 7.12. The zero-order chi connectivity index (χ0) is 15.2. The lowest BCUT2D eigenvalue weighted by molar-refractivity contribution is 0.0935. The number of nitrogens with one attached hydrogen (secondary N) is 1. The number of benzene rings is 1. The Kier molecular flexibility index (Phi) is 5.79. The molecule has 0 radical (unpaired) electrons. The molecular formula is C17H24N2O. The summed E-state index contributed by atoms with van der Waals surface area (Å²) in [5, 5.41) is 3.00. The molecular weight excluding hydrogens is 248 g/mol. The summed E-state index contributed by atoms with van der Waals surface area (Å²) >= 11 is 0. The quantitative estimate of drug-likeness (QED) is 0.827. The summed E-state index contributed by atoms with van der Waals surface area (Å²) in [7, 11) is 0. The minimum atomic E-state index is -0.0413. The highest BCUT2D eigenvalue weighted by molar-refractivity contribution is 5.96. The van der Waals surface area contributed by atoms with Crippen molar-refractivity contribution in [3.8, 4) is 11.8 Å². The van der Waals surface area contributed by atoms with E-state index in [1.54, 1.807) is 0 Å². The van der Waals surface area contributed by atoms with Crippen molar-refractivity contribution in [3.05, 3.63) is 34.9 Å². The van der Waals surface area contributed by atoms with Gasteiger partial charge in [-0.3, -0.25) is 4.79 Å². The van der Waals surface area contributed by atoms with Crippen molar-refractivity contribution in [2.24, 2.45) is 11.1 Å². The highest BCUT2D eigenvalue weighted by Gasteiger charge is 2.17. The van der Waals surface area contributed by atoms with Crippen LogP contribution in [0.5, 0.6) is 0 Å². The van der Waals surface area contributed by atoms with E-state index in [0.717, 1.165) is 17.5 Å². The number of carbonyl (C=O) groups is 1. The predicted molar refractivity (Wildman–Crippen MR) is 83.5 cm³/mol. The molecule has 0 atom stereocenters. The number of hydrogen-bond donors (Lipinski definition) is 2. The first-order valence-electron chi connectivity index (χ1n) is 6.98. The molecule has 0 fully saturated rings. The predicted octanol–water partition coefficient (Wildman–Crippen LogP) is 2.47. The number of carbonyl (C=O) groups excluding carboxylic acids is 1. The van der Waals surface area contributed by atoms with Crippen molar-refractivity contribution in [2.75, 3.05) is 13.1 Å². The zero-order valence-corrected chi connectivity index (χ0v) is 12.8. The number of rotatable bonds is 4. The fourth-order valence-corrected chi connectivity index (χ4v) is 1.70. The molecule has 0 spiro atoms. The Morgan fingerprint density at radius 3 is 2.70 bits per heavy atom. The van der Waals surface area contributed by atoms with E-state index in [-0.39, 0.29) is 11.3 Å². The molecule has 0 aliphatic carbocycles. The Morgan fingerprint density at radius 2 is 2.10 bits per heavy atom. The van der Waals surface area contributed by atoms with Crippen molar-refractivity contribution >= 4 is 5.91 Å². The van der Waals surface area contributed by atoms with E-state index in [9.17, 15) is 4.79 Å². The van der Waals surface area contributed by atoms with Gasteiger partial charge in [0, 0.05) is 17.7 Å². The second-order valence-corrected chi connectivity index (χ2v) is 5.68. The summed E-state index contributed by atoms with van der Waals surface area (Å²) in [5.74, 6) is 5.78. The van der Waals surface area contributed by atoms with Gasteiger partial charge >= 0.3 is 0 Å². The van der Waals surface area contributed by atoms with Crippen LogP contribution in [-0.2, 0) is 0 Å². The summed E-state index contributed by atoms with van der Waals surface area (Å²) in [6, 6.07) is 5.59. The van der Waals surface area contributed by atoms with Gasteiger partial charge in [0.05, 0.1) is 6.54 Å². The van der Waals surface area contributed by atoms with Crippen LogP contribution in [0, 0.1) is 24.2 Å². The average molecular weight is 272 g/mol.